The van der Waals surface area contributed by atoms with Crippen LogP contribution in [-0.2, 0) is 6.54 Å². The van der Waals surface area contributed by atoms with Crippen molar-refractivity contribution in [1.82, 2.24) is 25.2 Å². The molecular formula is C19H26N6O2. The SMILES string of the molecule is COc1ccnc(CN(C)C(=O)NC[C@@H]2CCCN(c3ncccn3)C2)c1. The van der Waals surface area contributed by atoms with Gasteiger partial charge in [0, 0.05) is 51.3 Å². The first-order chi connectivity index (χ1) is 13.2. The Morgan fingerprint density at radius 1 is 1.33 bits per heavy atom. The first-order valence-electron chi connectivity index (χ1n) is 9.15. The smallest absolute Gasteiger partial charge is 0.317 e. The number of carbonyl (C=O) groups is 1. The van der Waals surface area contributed by atoms with Crippen molar-refractivity contribution >= 4 is 12.0 Å². The fourth-order valence-electron chi connectivity index (χ4n) is 3.22. The monoisotopic (exact) mass is 370 g/mol. The van der Waals surface area contributed by atoms with E-state index in [9.17, 15) is 4.79 Å². The molecule has 0 spiro atoms. The summed E-state index contributed by atoms with van der Waals surface area (Å²) in [6, 6.07) is 5.34. The van der Waals surface area contributed by atoms with Gasteiger partial charge >= 0.3 is 6.03 Å². The van der Waals surface area contributed by atoms with E-state index in [1.54, 1.807) is 43.7 Å². The van der Waals surface area contributed by atoms with E-state index in [1.165, 1.54) is 0 Å². The van der Waals surface area contributed by atoms with Crippen LogP contribution in [0.2, 0.25) is 0 Å². The van der Waals surface area contributed by atoms with Gasteiger partial charge < -0.3 is 19.9 Å². The second-order valence-electron chi connectivity index (χ2n) is 6.73. The lowest BCUT2D eigenvalue weighted by Crippen LogP contribution is -2.44. The number of pyridine rings is 1. The Hall–Kier alpha value is -2.90. The molecule has 2 aromatic rings. The standard InChI is InChI=1S/C19H26N6O2/c1-24(14-16-11-17(27-2)6-9-20-16)19(26)23-12-15-5-3-10-25(13-15)18-21-7-4-8-22-18/h4,6-9,11,15H,3,5,10,12-14H2,1-2H3,(H,23,26)/t15-/m0/s1. The molecule has 0 aromatic carbocycles. The molecule has 1 aliphatic rings. The summed E-state index contributed by atoms with van der Waals surface area (Å²) in [6.45, 7) is 2.87. The zero-order valence-electron chi connectivity index (χ0n) is 15.8. The minimum atomic E-state index is -0.104. The summed E-state index contributed by atoms with van der Waals surface area (Å²) < 4.78 is 5.20. The van der Waals surface area contributed by atoms with Crippen molar-refractivity contribution in [3.8, 4) is 5.75 Å². The molecule has 3 heterocycles. The Morgan fingerprint density at radius 3 is 2.93 bits per heavy atom. The molecule has 1 atom stereocenters. The van der Waals surface area contributed by atoms with Crippen LogP contribution in [-0.4, -0.2) is 59.7 Å². The fraction of sp³-hybridized carbons (Fsp3) is 0.474. The van der Waals surface area contributed by atoms with Gasteiger partial charge in [-0.05, 0) is 30.9 Å². The van der Waals surface area contributed by atoms with Crippen LogP contribution in [0.1, 0.15) is 18.5 Å². The predicted molar refractivity (Wildman–Crippen MR) is 103 cm³/mol. The number of amides is 2. The number of methoxy groups -OCH3 is 1. The van der Waals surface area contributed by atoms with Gasteiger partial charge in [-0.2, -0.15) is 0 Å². The number of nitrogens with one attached hydrogen (secondary N) is 1. The minimum Gasteiger partial charge on any atom is -0.497 e. The quantitative estimate of drug-likeness (QED) is 0.837. The Balaban J connectivity index is 1.47. The number of aromatic nitrogens is 3. The molecule has 2 aromatic heterocycles. The number of urea groups is 1. The number of hydrogen-bond acceptors (Lipinski definition) is 6. The predicted octanol–water partition coefficient (Wildman–Crippen LogP) is 1.94. The second-order valence-corrected chi connectivity index (χ2v) is 6.73. The van der Waals surface area contributed by atoms with Gasteiger partial charge in [0.2, 0.25) is 5.95 Å². The van der Waals surface area contributed by atoms with Gasteiger partial charge in [-0.15, -0.1) is 0 Å². The first-order valence-corrected chi connectivity index (χ1v) is 9.15. The molecule has 1 N–H and O–H groups in total. The van der Waals surface area contributed by atoms with Crippen LogP contribution in [0.5, 0.6) is 5.75 Å². The maximum absolute atomic E-state index is 12.4. The molecule has 144 valence electrons. The lowest BCUT2D eigenvalue weighted by atomic mass is 9.98. The third-order valence-corrected chi connectivity index (χ3v) is 4.67. The number of rotatable bonds is 6. The van der Waals surface area contributed by atoms with Crippen molar-refractivity contribution in [3.05, 3.63) is 42.5 Å². The van der Waals surface area contributed by atoms with Crippen molar-refractivity contribution in [2.45, 2.75) is 19.4 Å². The van der Waals surface area contributed by atoms with E-state index >= 15 is 0 Å². The highest BCUT2D eigenvalue weighted by Gasteiger charge is 2.22. The highest BCUT2D eigenvalue weighted by atomic mass is 16.5. The molecule has 8 nitrogen and oxygen atoms in total. The van der Waals surface area contributed by atoms with Gasteiger partial charge in [-0.1, -0.05) is 0 Å². The Bertz CT molecular complexity index is 742. The summed E-state index contributed by atoms with van der Waals surface area (Å²) in [6.07, 6.45) is 7.36. The van der Waals surface area contributed by atoms with Crippen LogP contribution in [0.4, 0.5) is 10.7 Å². The first kappa shape index (κ1) is 18.9. The number of nitrogens with zero attached hydrogens (tertiary/aromatic N) is 5. The molecule has 8 heteroatoms. The average molecular weight is 370 g/mol. The average Bonchev–Trinajstić information content (AvgIpc) is 2.73. The van der Waals surface area contributed by atoms with Crippen LogP contribution in [0.25, 0.3) is 0 Å². The molecule has 1 fully saturated rings. The molecule has 0 bridgehead atoms. The largest absolute Gasteiger partial charge is 0.497 e. The third kappa shape index (κ3) is 5.29. The maximum Gasteiger partial charge on any atom is 0.317 e. The normalized spacial score (nSPS) is 16.7. The van der Waals surface area contributed by atoms with Gasteiger partial charge in [0.1, 0.15) is 5.75 Å². The number of piperidine rings is 1. The highest BCUT2D eigenvalue weighted by Crippen LogP contribution is 2.19. The Morgan fingerprint density at radius 2 is 2.15 bits per heavy atom. The molecule has 1 saturated heterocycles. The molecule has 0 radical (unpaired) electrons. The summed E-state index contributed by atoms with van der Waals surface area (Å²) in [5.41, 5.74) is 0.789. The number of hydrogen-bond donors (Lipinski definition) is 1. The molecule has 3 rings (SSSR count). The van der Waals surface area contributed by atoms with E-state index in [1.807, 2.05) is 12.1 Å². The summed E-state index contributed by atoms with van der Waals surface area (Å²) in [5, 5.41) is 3.03. The molecule has 27 heavy (non-hydrogen) atoms. The van der Waals surface area contributed by atoms with Crippen molar-refractivity contribution in [1.29, 1.82) is 0 Å². The van der Waals surface area contributed by atoms with Gasteiger partial charge in [0.25, 0.3) is 0 Å². The van der Waals surface area contributed by atoms with E-state index in [0.29, 0.717) is 19.0 Å². The summed E-state index contributed by atoms with van der Waals surface area (Å²) in [4.78, 5) is 29.2. The number of anilines is 1. The lowest BCUT2D eigenvalue weighted by molar-refractivity contribution is 0.203. The molecule has 1 aliphatic heterocycles. The highest BCUT2D eigenvalue weighted by molar-refractivity contribution is 5.73. The second kappa shape index (κ2) is 9.16. The summed E-state index contributed by atoms with van der Waals surface area (Å²) in [5.74, 6) is 1.88. The van der Waals surface area contributed by atoms with Crippen LogP contribution >= 0.6 is 0 Å². The lowest BCUT2D eigenvalue weighted by Gasteiger charge is -2.33. The van der Waals surface area contributed by atoms with E-state index in [-0.39, 0.29) is 6.03 Å². The minimum absolute atomic E-state index is 0.104. The van der Waals surface area contributed by atoms with Gasteiger partial charge in [-0.3, -0.25) is 4.98 Å². The fourth-order valence-corrected chi connectivity index (χ4v) is 3.22. The summed E-state index contributed by atoms with van der Waals surface area (Å²) in [7, 11) is 3.38. The van der Waals surface area contributed by atoms with E-state index in [0.717, 1.165) is 43.3 Å². The van der Waals surface area contributed by atoms with Gasteiger partial charge in [0.05, 0.1) is 19.3 Å². The third-order valence-electron chi connectivity index (χ3n) is 4.67. The molecule has 0 aliphatic carbocycles. The van der Waals surface area contributed by atoms with Crippen molar-refractivity contribution < 1.29 is 9.53 Å². The van der Waals surface area contributed by atoms with E-state index < -0.39 is 0 Å². The van der Waals surface area contributed by atoms with Crippen LogP contribution in [0.15, 0.2) is 36.8 Å². The Kier molecular flexibility index (Phi) is 6.40. The van der Waals surface area contributed by atoms with Crippen LogP contribution < -0.4 is 15.0 Å². The Labute approximate surface area is 159 Å². The maximum atomic E-state index is 12.4. The van der Waals surface area contributed by atoms with Crippen molar-refractivity contribution in [2.75, 3.05) is 38.7 Å². The zero-order valence-corrected chi connectivity index (χ0v) is 15.8. The topological polar surface area (TPSA) is 83.5 Å². The molecule has 0 unspecified atom stereocenters. The van der Waals surface area contributed by atoms with Crippen LogP contribution in [0.3, 0.4) is 0 Å². The van der Waals surface area contributed by atoms with E-state index in [4.69, 9.17) is 4.74 Å². The number of ether oxygens (including phenoxy) is 1. The summed E-state index contributed by atoms with van der Waals surface area (Å²) >= 11 is 0. The van der Waals surface area contributed by atoms with Crippen molar-refractivity contribution in [2.24, 2.45) is 5.92 Å². The molecule has 0 saturated carbocycles. The van der Waals surface area contributed by atoms with Crippen LogP contribution in [0, 0.1) is 5.92 Å². The van der Waals surface area contributed by atoms with Crippen molar-refractivity contribution in [3.63, 3.8) is 0 Å². The molecular weight excluding hydrogens is 344 g/mol. The zero-order chi connectivity index (χ0) is 19.1. The van der Waals surface area contributed by atoms with Gasteiger partial charge in [-0.25, -0.2) is 14.8 Å². The van der Waals surface area contributed by atoms with Gasteiger partial charge in [0.15, 0.2) is 0 Å². The number of carbonyl (C=O) groups excluding carboxylic acids is 1. The molecule has 2 amide bonds. The van der Waals surface area contributed by atoms with E-state index in [2.05, 4.69) is 25.2 Å².